The predicted molar refractivity (Wildman–Crippen MR) is 131 cm³/mol. The Hall–Kier alpha value is -2.75. The number of halogens is 1. The first-order valence-corrected chi connectivity index (χ1v) is 9.54. The maximum absolute atomic E-state index is 5.64. The fourth-order valence-corrected chi connectivity index (χ4v) is 2.95. The average Bonchev–Trinajstić information content (AvgIpc) is 3.25. The second-order valence-electron chi connectivity index (χ2n) is 6.40. The molecular weight excluding hydrogens is 493 g/mol. The van der Waals surface area contributed by atoms with Gasteiger partial charge in [-0.15, -0.1) is 24.0 Å². The lowest BCUT2D eigenvalue weighted by atomic mass is 10.1. The van der Waals surface area contributed by atoms with Crippen molar-refractivity contribution >= 4 is 35.6 Å². The zero-order chi connectivity index (χ0) is 20.5. The molecule has 2 aromatic carbocycles. The van der Waals surface area contributed by atoms with Crippen molar-refractivity contribution in [2.45, 2.75) is 20.0 Å². The molecule has 30 heavy (non-hydrogen) atoms. The molecule has 0 bridgehead atoms. The van der Waals surface area contributed by atoms with Gasteiger partial charge in [0.15, 0.2) is 17.5 Å². The Labute approximate surface area is 194 Å². The number of methoxy groups -OCH3 is 1. The van der Waals surface area contributed by atoms with Gasteiger partial charge in [-0.1, -0.05) is 24.3 Å². The van der Waals surface area contributed by atoms with Crippen LogP contribution in [-0.2, 0) is 13.1 Å². The second kappa shape index (κ2) is 12.1. The third-order valence-electron chi connectivity index (χ3n) is 4.33. The number of nitrogens with one attached hydrogen (secondary N) is 2. The van der Waals surface area contributed by atoms with Gasteiger partial charge in [0.2, 0.25) is 0 Å². The van der Waals surface area contributed by atoms with E-state index in [0.717, 1.165) is 12.2 Å². The predicted octanol–water partition coefficient (Wildman–Crippen LogP) is 4.14. The van der Waals surface area contributed by atoms with Gasteiger partial charge >= 0.3 is 0 Å². The summed E-state index contributed by atoms with van der Waals surface area (Å²) in [6.45, 7) is 3.97. The van der Waals surface area contributed by atoms with Gasteiger partial charge in [-0.25, -0.2) is 4.98 Å². The third kappa shape index (κ3) is 6.65. The number of imidazole rings is 1. The fraction of sp³-hybridized carbons (Fsp3) is 0.273. The summed E-state index contributed by atoms with van der Waals surface area (Å²) in [7, 11) is 3.38. The Kier molecular flexibility index (Phi) is 9.46. The molecule has 0 aliphatic heterocycles. The normalized spacial score (nSPS) is 10.8. The van der Waals surface area contributed by atoms with Crippen LogP contribution in [-0.4, -0.2) is 36.3 Å². The molecule has 0 saturated heterocycles. The summed E-state index contributed by atoms with van der Waals surface area (Å²) in [5, 5.41) is 6.64. The Balaban J connectivity index is 0.00000320. The smallest absolute Gasteiger partial charge is 0.195 e. The molecule has 0 unspecified atom stereocenters. The van der Waals surface area contributed by atoms with Crippen LogP contribution < -0.4 is 20.1 Å². The molecule has 160 valence electrons. The van der Waals surface area contributed by atoms with E-state index in [1.165, 1.54) is 11.1 Å². The van der Waals surface area contributed by atoms with E-state index < -0.39 is 0 Å². The van der Waals surface area contributed by atoms with Gasteiger partial charge in [0.1, 0.15) is 0 Å². The molecular formula is C22H28IN5O2. The molecule has 0 aliphatic rings. The van der Waals surface area contributed by atoms with Crippen LogP contribution >= 0.6 is 24.0 Å². The van der Waals surface area contributed by atoms with Gasteiger partial charge in [-0.05, 0) is 30.2 Å². The van der Waals surface area contributed by atoms with Crippen LogP contribution in [0.5, 0.6) is 11.5 Å². The summed E-state index contributed by atoms with van der Waals surface area (Å²) in [5.41, 5.74) is 3.27. The maximum atomic E-state index is 5.64. The molecule has 0 spiro atoms. The molecule has 0 radical (unpaired) electrons. The summed E-state index contributed by atoms with van der Waals surface area (Å²) in [5.74, 6) is 2.08. The lowest BCUT2D eigenvalue weighted by Gasteiger charge is -2.15. The Morgan fingerprint density at radius 3 is 2.67 bits per heavy atom. The molecule has 3 rings (SSSR count). The van der Waals surface area contributed by atoms with Crippen molar-refractivity contribution in [3.05, 3.63) is 72.3 Å². The number of hydrogen-bond donors (Lipinski definition) is 2. The summed E-state index contributed by atoms with van der Waals surface area (Å²) in [6, 6.07) is 14.2. The zero-order valence-corrected chi connectivity index (χ0v) is 19.8. The summed E-state index contributed by atoms with van der Waals surface area (Å²) in [4.78, 5) is 8.40. The van der Waals surface area contributed by atoms with E-state index >= 15 is 0 Å². The molecule has 3 aromatic rings. The number of aliphatic imine (C=N–C) groups is 1. The molecule has 0 aliphatic carbocycles. The average molecular weight is 521 g/mol. The second-order valence-corrected chi connectivity index (χ2v) is 6.40. The zero-order valence-electron chi connectivity index (χ0n) is 17.5. The van der Waals surface area contributed by atoms with Crippen LogP contribution in [0.25, 0.3) is 0 Å². The molecule has 7 nitrogen and oxygen atoms in total. The van der Waals surface area contributed by atoms with Crippen LogP contribution in [0.3, 0.4) is 0 Å². The highest BCUT2D eigenvalue weighted by Crippen LogP contribution is 2.30. The van der Waals surface area contributed by atoms with Gasteiger partial charge in [0, 0.05) is 44.3 Å². The molecule has 0 saturated carbocycles. The van der Waals surface area contributed by atoms with Crippen molar-refractivity contribution in [3.8, 4) is 11.5 Å². The van der Waals surface area contributed by atoms with Crippen LogP contribution in [0, 0.1) is 0 Å². The van der Waals surface area contributed by atoms with Gasteiger partial charge in [-0.2, -0.15) is 0 Å². The van der Waals surface area contributed by atoms with Gasteiger partial charge in [-0.3, -0.25) is 4.99 Å². The molecule has 0 fully saturated rings. The van der Waals surface area contributed by atoms with Crippen molar-refractivity contribution in [3.63, 3.8) is 0 Å². The standard InChI is InChI=1S/C22H27N5O2.HI/c1-4-29-21-13-19(8-9-20(21)28-3)26-22(23-2)25-14-17-6-5-7-18(12-17)15-27-11-10-24-16-27;/h5-13,16H,4,14-15H2,1-3H3,(H2,23,25,26);1H. The summed E-state index contributed by atoms with van der Waals surface area (Å²) in [6.07, 6.45) is 5.57. The minimum atomic E-state index is 0. The van der Waals surface area contributed by atoms with Crippen LogP contribution in [0.1, 0.15) is 18.1 Å². The van der Waals surface area contributed by atoms with E-state index in [4.69, 9.17) is 9.47 Å². The number of rotatable bonds is 8. The number of guanidine groups is 1. The van der Waals surface area contributed by atoms with E-state index in [1.807, 2.05) is 42.2 Å². The number of aromatic nitrogens is 2. The third-order valence-corrected chi connectivity index (χ3v) is 4.33. The van der Waals surface area contributed by atoms with E-state index in [9.17, 15) is 0 Å². The van der Waals surface area contributed by atoms with E-state index in [-0.39, 0.29) is 24.0 Å². The van der Waals surface area contributed by atoms with Crippen molar-refractivity contribution < 1.29 is 9.47 Å². The van der Waals surface area contributed by atoms with Crippen LogP contribution in [0.4, 0.5) is 5.69 Å². The van der Waals surface area contributed by atoms with Crippen molar-refractivity contribution in [2.24, 2.45) is 4.99 Å². The van der Waals surface area contributed by atoms with Crippen LogP contribution in [0.2, 0.25) is 0 Å². The molecule has 2 N–H and O–H groups in total. The Morgan fingerprint density at radius 1 is 1.13 bits per heavy atom. The number of hydrogen-bond acceptors (Lipinski definition) is 4. The van der Waals surface area contributed by atoms with Crippen LogP contribution in [0.15, 0.2) is 66.2 Å². The summed E-state index contributed by atoms with van der Waals surface area (Å²) >= 11 is 0. The first-order chi connectivity index (χ1) is 14.2. The molecule has 8 heteroatoms. The monoisotopic (exact) mass is 521 g/mol. The van der Waals surface area contributed by atoms with Crippen molar-refractivity contribution in [1.29, 1.82) is 0 Å². The maximum Gasteiger partial charge on any atom is 0.195 e. The van der Waals surface area contributed by atoms with E-state index in [1.54, 1.807) is 20.4 Å². The number of nitrogens with zero attached hydrogens (tertiary/aromatic N) is 3. The SMILES string of the molecule is CCOc1cc(NC(=NC)NCc2cccc(Cn3ccnc3)c2)ccc1OC.I. The summed E-state index contributed by atoms with van der Waals surface area (Å²) < 4.78 is 13.0. The fourth-order valence-electron chi connectivity index (χ4n) is 2.95. The van der Waals surface area contributed by atoms with E-state index in [0.29, 0.717) is 30.6 Å². The highest BCUT2D eigenvalue weighted by molar-refractivity contribution is 14.0. The van der Waals surface area contributed by atoms with Crippen molar-refractivity contribution in [1.82, 2.24) is 14.9 Å². The molecule has 1 aromatic heterocycles. The van der Waals surface area contributed by atoms with Gasteiger partial charge in [0.05, 0.1) is 20.0 Å². The number of benzene rings is 2. The van der Waals surface area contributed by atoms with Gasteiger partial charge in [0.25, 0.3) is 0 Å². The minimum Gasteiger partial charge on any atom is -0.493 e. The topological polar surface area (TPSA) is 72.7 Å². The number of anilines is 1. The Morgan fingerprint density at radius 2 is 1.97 bits per heavy atom. The molecule has 0 atom stereocenters. The first kappa shape index (κ1) is 23.5. The highest BCUT2D eigenvalue weighted by Gasteiger charge is 2.07. The lowest BCUT2D eigenvalue weighted by molar-refractivity contribution is 0.311. The lowest BCUT2D eigenvalue weighted by Crippen LogP contribution is -2.30. The van der Waals surface area contributed by atoms with Crippen molar-refractivity contribution in [2.75, 3.05) is 26.1 Å². The van der Waals surface area contributed by atoms with E-state index in [2.05, 4.69) is 44.9 Å². The highest BCUT2D eigenvalue weighted by atomic mass is 127. The Bertz CT molecular complexity index is 944. The van der Waals surface area contributed by atoms with Gasteiger partial charge < -0.3 is 24.7 Å². The quantitative estimate of drug-likeness (QED) is 0.265. The number of ether oxygens (including phenoxy) is 2. The first-order valence-electron chi connectivity index (χ1n) is 9.54. The molecule has 1 heterocycles. The minimum absolute atomic E-state index is 0. The molecule has 0 amide bonds. The largest absolute Gasteiger partial charge is 0.493 e.